The van der Waals surface area contributed by atoms with Crippen LogP contribution in [0.1, 0.15) is 37.5 Å². The van der Waals surface area contributed by atoms with Gasteiger partial charge in [0.2, 0.25) is 0 Å². The molecule has 152 valence electrons. The minimum Gasteiger partial charge on any atom is -0.392 e. The van der Waals surface area contributed by atoms with E-state index in [1.165, 1.54) is 11.8 Å². The van der Waals surface area contributed by atoms with Crippen molar-refractivity contribution in [3.05, 3.63) is 58.1 Å². The van der Waals surface area contributed by atoms with Crippen LogP contribution in [0.4, 0.5) is 0 Å². The minimum atomic E-state index is -0.140. The highest BCUT2D eigenvalue weighted by molar-refractivity contribution is 8.26. The maximum atomic E-state index is 12.8. The second-order valence-corrected chi connectivity index (χ2v) is 8.99. The fourth-order valence-corrected chi connectivity index (χ4v) is 4.46. The maximum Gasteiger partial charge on any atom is 0.266 e. The molecule has 0 aliphatic carbocycles. The lowest BCUT2D eigenvalue weighted by atomic mass is 10.0. The van der Waals surface area contributed by atoms with E-state index in [9.17, 15) is 15.0 Å². The summed E-state index contributed by atoms with van der Waals surface area (Å²) in [6.07, 6.45) is 3.53. The lowest BCUT2D eigenvalue weighted by molar-refractivity contribution is -0.123. The van der Waals surface area contributed by atoms with Crippen LogP contribution in [0.3, 0.4) is 0 Å². The molecule has 1 atom stereocenters. The van der Waals surface area contributed by atoms with Gasteiger partial charge in [-0.05, 0) is 47.7 Å². The SMILES string of the molecule is CC(C)[C@@H](C)N1C(=O)/C(=C/c2ccc(-c3ccc(CO)c(CO)c3)nc2)SC1=S. The summed E-state index contributed by atoms with van der Waals surface area (Å²) in [6.45, 7) is 5.90. The Hall–Kier alpha value is -2.06. The van der Waals surface area contributed by atoms with Crippen molar-refractivity contribution in [2.75, 3.05) is 0 Å². The number of carbonyl (C=O) groups is 1. The molecule has 0 radical (unpaired) electrons. The number of benzene rings is 1. The van der Waals surface area contributed by atoms with Crippen LogP contribution in [0.5, 0.6) is 0 Å². The Morgan fingerprint density at radius 2 is 1.86 bits per heavy atom. The van der Waals surface area contributed by atoms with E-state index in [0.29, 0.717) is 26.3 Å². The third-order valence-electron chi connectivity index (χ3n) is 5.12. The molecular formula is C22H24N2O3S2. The number of thiocarbonyl (C=S) groups is 1. The van der Waals surface area contributed by atoms with Crippen LogP contribution >= 0.6 is 24.0 Å². The molecule has 2 aromatic rings. The zero-order valence-corrected chi connectivity index (χ0v) is 18.3. The minimum absolute atomic E-state index is 0.0523. The highest BCUT2D eigenvalue weighted by Crippen LogP contribution is 2.35. The molecule has 1 saturated heterocycles. The molecule has 0 saturated carbocycles. The lowest BCUT2D eigenvalue weighted by Crippen LogP contribution is -2.39. The summed E-state index contributed by atoms with van der Waals surface area (Å²) < 4.78 is 0.590. The molecule has 1 fully saturated rings. The molecule has 0 bridgehead atoms. The van der Waals surface area contributed by atoms with Gasteiger partial charge in [0.1, 0.15) is 4.32 Å². The molecule has 3 rings (SSSR count). The van der Waals surface area contributed by atoms with Crippen LogP contribution < -0.4 is 0 Å². The van der Waals surface area contributed by atoms with Crippen molar-refractivity contribution in [2.24, 2.45) is 5.92 Å². The molecular weight excluding hydrogens is 404 g/mol. The predicted molar refractivity (Wildman–Crippen MR) is 121 cm³/mol. The second kappa shape index (κ2) is 9.17. The summed E-state index contributed by atoms with van der Waals surface area (Å²) in [6, 6.07) is 9.31. The van der Waals surface area contributed by atoms with Gasteiger partial charge in [-0.25, -0.2) is 0 Å². The van der Waals surface area contributed by atoms with E-state index in [1.807, 2.05) is 37.3 Å². The summed E-state index contributed by atoms with van der Waals surface area (Å²) in [5.74, 6) is 0.260. The molecule has 0 spiro atoms. The highest BCUT2D eigenvalue weighted by atomic mass is 32.2. The van der Waals surface area contributed by atoms with E-state index in [4.69, 9.17) is 12.2 Å². The van der Waals surface area contributed by atoms with Gasteiger partial charge in [0.05, 0.1) is 23.8 Å². The van der Waals surface area contributed by atoms with Crippen molar-refractivity contribution in [1.29, 1.82) is 0 Å². The maximum absolute atomic E-state index is 12.8. The number of nitrogens with zero attached hydrogens (tertiary/aromatic N) is 2. The van der Waals surface area contributed by atoms with Gasteiger partial charge < -0.3 is 10.2 Å². The molecule has 1 aromatic carbocycles. The number of amides is 1. The van der Waals surface area contributed by atoms with Crippen molar-refractivity contribution in [3.8, 4) is 11.3 Å². The number of rotatable bonds is 6. The number of carbonyl (C=O) groups excluding carboxylic acids is 1. The third kappa shape index (κ3) is 4.59. The molecule has 2 heterocycles. The lowest BCUT2D eigenvalue weighted by Gasteiger charge is -2.26. The summed E-state index contributed by atoms with van der Waals surface area (Å²) in [5.41, 5.74) is 3.81. The first-order valence-corrected chi connectivity index (χ1v) is 10.6. The molecule has 1 aromatic heterocycles. The van der Waals surface area contributed by atoms with Gasteiger partial charge in [-0.1, -0.05) is 56.0 Å². The number of aliphatic hydroxyl groups excluding tert-OH is 2. The topological polar surface area (TPSA) is 73.7 Å². The van der Waals surface area contributed by atoms with E-state index >= 15 is 0 Å². The number of pyridine rings is 1. The van der Waals surface area contributed by atoms with Crippen LogP contribution in [0.25, 0.3) is 17.3 Å². The van der Waals surface area contributed by atoms with Crippen LogP contribution in [-0.4, -0.2) is 36.4 Å². The molecule has 5 nitrogen and oxygen atoms in total. The third-order valence-corrected chi connectivity index (χ3v) is 6.45. The number of aliphatic hydroxyl groups is 2. The zero-order chi connectivity index (χ0) is 21.1. The monoisotopic (exact) mass is 428 g/mol. The Kier molecular flexibility index (Phi) is 6.85. The molecule has 2 N–H and O–H groups in total. The number of hydrogen-bond acceptors (Lipinski definition) is 6. The standard InChI is InChI=1S/C22H24N2O3S2/c1-13(2)14(3)24-21(27)20(29-22(24)28)8-15-4-7-19(23-10-15)16-5-6-17(11-25)18(9-16)12-26/h4-10,13-14,25-26H,11-12H2,1-3H3/b20-8-/t14-/m1/s1. The average Bonchev–Trinajstić information content (AvgIpc) is 3.00. The fourth-order valence-electron chi connectivity index (χ4n) is 3.03. The van der Waals surface area contributed by atoms with Gasteiger partial charge in [-0.2, -0.15) is 0 Å². The van der Waals surface area contributed by atoms with Crippen molar-refractivity contribution >= 4 is 40.3 Å². The van der Waals surface area contributed by atoms with Crippen LogP contribution in [0.2, 0.25) is 0 Å². The molecule has 0 unspecified atom stereocenters. The van der Waals surface area contributed by atoms with Gasteiger partial charge in [-0.3, -0.25) is 14.7 Å². The molecule has 7 heteroatoms. The zero-order valence-electron chi connectivity index (χ0n) is 16.6. The first-order valence-electron chi connectivity index (χ1n) is 9.42. The van der Waals surface area contributed by atoms with Crippen LogP contribution in [-0.2, 0) is 18.0 Å². The Morgan fingerprint density at radius 3 is 2.45 bits per heavy atom. The fraction of sp³-hybridized carbons (Fsp3) is 0.318. The number of thioether (sulfide) groups is 1. The summed E-state index contributed by atoms with van der Waals surface area (Å²) in [7, 11) is 0. The predicted octanol–water partition coefficient (Wildman–Crippen LogP) is 3.98. The van der Waals surface area contributed by atoms with E-state index in [-0.39, 0.29) is 25.2 Å². The summed E-state index contributed by atoms with van der Waals surface area (Å²) in [4.78, 5) is 19.6. The summed E-state index contributed by atoms with van der Waals surface area (Å²) >= 11 is 6.73. The van der Waals surface area contributed by atoms with E-state index in [0.717, 1.165) is 16.8 Å². The van der Waals surface area contributed by atoms with E-state index in [1.54, 1.807) is 17.2 Å². The molecule has 1 aliphatic heterocycles. The number of hydrogen-bond donors (Lipinski definition) is 2. The van der Waals surface area contributed by atoms with E-state index in [2.05, 4.69) is 18.8 Å². The highest BCUT2D eigenvalue weighted by Gasteiger charge is 2.36. The average molecular weight is 429 g/mol. The van der Waals surface area contributed by atoms with Gasteiger partial charge in [0.15, 0.2) is 0 Å². The molecule has 1 amide bonds. The first-order chi connectivity index (χ1) is 13.8. The Labute approximate surface area is 180 Å². The van der Waals surface area contributed by atoms with E-state index < -0.39 is 0 Å². The van der Waals surface area contributed by atoms with Crippen molar-refractivity contribution in [3.63, 3.8) is 0 Å². The van der Waals surface area contributed by atoms with Crippen LogP contribution in [0, 0.1) is 5.92 Å². The Balaban J connectivity index is 1.82. The first kappa shape index (κ1) is 21.6. The molecule has 29 heavy (non-hydrogen) atoms. The van der Waals surface area contributed by atoms with Crippen LogP contribution in [0.15, 0.2) is 41.4 Å². The Bertz CT molecular complexity index is 955. The van der Waals surface area contributed by atoms with Gasteiger partial charge in [0.25, 0.3) is 5.91 Å². The van der Waals surface area contributed by atoms with Crippen molar-refractivity contribution in [2.45, 2.75) is 40.0 Å². The molecule has 1 aliphatic rings. The normalized spacial score (nSPS) is 16.9. The van der Waals surface area contributed by atoms with Gasteiger partial charge in [-0.15, -0.1) is 0 Å². The van der Waals surface area contributed by atoms with Gasteiger partial charge >= 0.3 is 0 Å². The summed E-state index contributed by atoms with van der Waals surface area (Å²) in [5, 5.41) is 18.8. The smallest absolute Gasteiger partial charge is 0.266 e. The quantitative estimate of drug-likeness (QED) is 0.536. The Morgan fingerprint density at radius 1 is 1.14 bits per heavy atom. The van der Waals surface area contributed by atoms with Crippen molar-refractivity contribution < 1.29 is 15.0 Å². The largest absolute Gasteiger partial charge is 0.392 e. The van der Waals surface area contributed by atoms with Gasteiger partial charge in [0, 0.05) is 17.8 Å². The number of aromatic nitrogens is 1. The van der Waals surface area contributed by atoms with Crippen molar-refractivity contribution in [1.82, 2.24) is 9.88 Å². The second-order valence-electron chi connectivity index (χ2n) is 7.31.